The number of ether oxygens (including phenoxy) is 2. The number of hydrogen-bond donors (Lipinski definition) is 2. The lowest BCUT2D eigenvalue weighted by molar-refractivity contribution is 0.0928. The summed E-state index contributed by atoms with van der Waals surface area (Å²) >= 11 is 0. The molecule has 2 rings (SSSR count). The molecule has 1 fully saturated rings. The van der Waals surface area contributed by atoms with E-state index in [1.807, 2.05) is 19.1 Å². The number of nitrogens with one attached hydrogen (secondary N) is 1. The molecule has 1 aromatic rings. The number of rotatable bonds is 6. The summed E-state index contributed by atoms with van der Waals surface area (Å²) in [5, 5.41) is 13.0. The number of methoxy groups -OCH3 is 1. The van der Waals surface area contributed by atoms with Crippen molar-refractivity contribution in [1.29, 1.82) is 0 Å². The second-order valence-corrected chi connectivity index (χ2v) is 4.79. The Labute approximate surface area is 114 Å². The van der Waals surface area contributed by atoms with Crippen molar-refractivity contribution in [3.63, 3.8) is 0 Å². The van der Waals surface area contributed by atoms with Crippen molar-refractivity contribution in [2.45, 2.75) is 38.0 Å². The van der Waals surface area contributed by atoms with Gasteiger partial charge < -0.3 is 19.9 Å². The van der Waals surface area contributed by atoms with Gasteiger partial charge in [-0.2, -0.15) is 0 Å². The molecule has 1 aliphatic heterocycles. The van der Waals surface area contributed by atoms with Gasteiger partial charge in [-0.3, -0.25) is 0 Å². The van der Waals surface area contributed by atoms with Gasteiger partial charge in [0.2, 0.25) is 5.88 Å². The molecule has 106 valence electrons. The predicted octanol–water partition coefficient (Wildman–Crippen LogP) is 1.28. The van der Waals surface area contributed by atoms with Crippen LogP contribution in [0.5, 0.6) is 5.88 Å². The highest BCUT2D eigenvalue weighted by molar-refractivity contribution is 5.21. The van der Waals surface area contributed by atoms with E-state index in [1.54, 1.807) is 13.3 Å². The number of nitrogens with zero attached hydrogens (tertiary/aromatic N) is 1. The van der Waals surface area contributed by atoms with Crippen LogP contribution in [0.15, 0.2) is 18.3 Å². The highest BCUT2D eigenvalue weighted by atomic mass is 16.5. The van der Waals surface area contributed by atoms with Gasteiger partial charge in [-0.25, -0.2) is 4.98 Å². The summed E-state index contributed by atoms with van der Waals surface area (Å²) in [5.41, 5.74) is 1.04. The Bertz CT molecular complexity index is 383. The number of aliphatic hydroxyl groups is 1. The fraction of sp³-hybridized carbons (Fsp3) is 0.643. The third-order valence-corrected chi connectivity index (χ3v) is 3.48. The smallest absolute Gasteiger partial charge is 0.212 e. The molecule has 0 spiro atoms. The van der Waals surface area contributed by atoms with E-state index >= 15 is 0 Å². The van der Waals surface area contributed by atoms with Crippen LogP contribution in [0.3, 0.4) is 0 Å². The van der Waals surface area contributed by atoms with Crippen LogP contribution in [-0.2, 0) is 4.74 Å². The third kappa shape index (κ3) is 3.65. The number of aromatic nitrogens is 1. The summed E-state index contributed by atoms with van der Waals surface area (Å²) in [6.07, 6.45) is 3.21. The van der Waals surface area contributed by atoms with E-state index in [9.17, 15) is 5.11 Å². The van der Waals surface area contributed by atoms with Gasteiger partial charge >= 0.3 is 0 Å². The average molecular weight is 266 g/mol. The Kier molecular flexibility index (Phi) is 5.13. The van der Waals surface area contributed by atoms with Crippen molar-refractivity contribution in [2.24, 2.45) is 0 Å². The minimum absolute atomic E-state index is 0.00228. The molecule has 0 radical (unpaired) electrons. The van der Waals surface area contributed by atoms with E-state index in [-0.39, 0.29) is 18.2 Å². The zero-order valence-corrected chi connectivity index (χ0v) is 11.5. The van der Waals surface area contributed by atoms with Crippen molar-refractivity contribution in [1.82, 2.24) is 10.3 Å². The standard InChI is InChI=1S/C14H22N2O3/c1-3-11(17)9-15-12-6-7-19-14(12)10-4-5-13(18-2)16-8-10/h4-5,8,11-12,14-15,17H,3,6-7,9H2,1-2H3/t11-,12-,14+/m0/s1. The van der Waals surface area contributed by atoms with Gasteiger partial charge in [-0.1, -0.05) is 6.92 Å². The molecular formula is C14H22N2O3. The maximum absolute atomic E-state index is 9.61. The molecule has 1 aliphatic rings. The molecule has 1 aromatic heterocycles. The fourth-order valence-electron chi connectivity index (χ4n) is 2.24. The molecule has 2 heterocycles. The predicted molar refractivity (Wildman–Crippen MR) is 72.2 cm³/mol. The van der Waals surface area contributed by atoms with Gasteiger partial charge in [-0.15, -0.1) is 0 Å². The lowest BCUT2D eigenvalue weighted by atomic mass is 10.0. The monoisotopic (exact) mass is 266 g/mol. The van der Waals surface area contributed by atoms with E-state index in [0.29, 0.717) is 12.4 Å². The minimum Gasteiger partial charge on any atom is -0.481 e. The average Bonchev–Trinajstić information content (AvgIpc) is 2.93. The van der Waals surface area contributed by atoms with Crippen LogP contribution < -0.4 is 10.1 Å². The molecule has 0 saturated carbocycles. The SMILES string of the molecule is CC[C@H](O)CN[C@H]1CCO[C@@H]1c1ccc(OC)nc1. The van der Waals surface area contributed by atoms with Crippen molar-refractivity contribution < 1.29 is 14.6 Å². The van der Waals surface area contributed by atoms with Gasteiger partial charge in [-0.05, 0) is 18.9 Å². The molecule has 1 saturated heterocycles. The Morgan fingerprint density at radius 1 is 1.58 bits per heavy atom. The highest BCUT2D eigenvalue weighted by Gasteiger charge is 2.29. The van der Waals surface area contributed by atoms with Gasteiger partial charge in [0.15, 0.2) is 0 Å². The van der Waals surface area contributed by atoms with Gasteiger partial charge in [0.05, 0.1) is 19.3 Å². The molecule has 5 heteroatoms. The molecule has 0 aliphatic carbocycles. The Morgan fingerprint density at radius 3 is 3.05 bits per heavy atom. The van der Waals surface area contributed by atoms with E-state index in [1.165, 1.54) is 0 Å². The minimum atomic E-state index is -0.296. The molecule has 5 nitrogen and oxygen atoms in total. The van der Waals surface area contributed by atoms with Crippen molar-refractivity contribution in [3.05, 3.63) is 23.9 Å². The summed E-state index contributed by atoms with van der Waals surface area (Å²) in [6, 6.07) is 4.05. The summed E-state index contributed by atoms with van der Waals surface area (Å²) in [7, 11) is 1.60. The van der Waals surface area contributed by atoms with Crippen LogP contribution in [0.25, 0.3) is 0 Å². The van der Waals surface area contributed by atoms with E-state index in [0.717, 1.165) is 25.0 Å². The normalized spacial score (nSPS) is 24.4. The molecular weight excluding hydrogens is 244 g/mol. The van der Waals surface area contributed by atoms with Gasteiger partial charge in [0.1, 0.15) is 0 Å². The van der Waals surface area contributed by atoms with Crippen molar-refractivity contribution in [3.8, 4) is 5.88 Å². The summed E-state index contributed by atoms with van der Waals surface area (Å²) in [4.78, 5) is 4.21. The first kappa shape index (κ1) is 14.2. The topological polar surface area (TPSA) is 63.6 Å². The Hall–Kier alpha value is -1.17. The first-order valence-corrected chi connectivity index (χ1v) is 6.77. The molecule has 0 amide bonds. The first-order valence-electron chi connectivity index (χ1n) is 6.77. The zero-order valence-electron chi connectivity index (χ0n) is 11.5. The first-order chi connectivity index (χ1) is 9.24. The molecule has 0 aromatic carbocycles. The summed E-state index contributed by atoms with van der Waals surface area (Å²) in [6.45, 7) is 3.31. The Morgan fingerprint density at radius 2 is 2.42 bits per heavy atom. The number of hydrogen-bond acceptors (Lipinski definition) is 5. The van der Waals surface area contributed by atoms with Crippen LogP contribution in [-0.4, -0.2) is 42.5 Å². The maximum atomic E-state index is 9.61. The van der Waals surface area contributed by atoms with E-state index in [4.69, 9.17) is 9.47 Å². The van der Waals surface area contributed by atoms with Crippen molar-refractivity contribution >= 4 is 0 Å². The summed E-state index contributed by atoms with van der Waals surface area (Å²) in [5.74, 6) is 0.604. The van der Waals surface area contributed by atoms with Crippen LogP contribution in [0, 0.1) is 0 Å². The van der Waals surface area contributed by atoms with Crippen LogP contribution in [0.2, 0.25) is 0 Å². The molecule has 3 atom stereocenters. The lowest BCUT2D eigenvalue weighted by Crippen LogP contribution is -2.37. The molecule has 0 bridgehead atoms. The number of aliphatic hydroxyl groups excluding tert-OH is 1. The van der Waals surface area contributed by atoms with Crippen LogP contribution in [0.1, 0.15) is 31.4 Å². The maximum Gasteiger partial charge on any atom is 0.212 e. The zero-order chi connectivity index (χ0) is 13.7. The molecule has 0 unspecified atom stereocenters. The second kappa shape index (κ2) is 6.84. The number of pyridine rings is 1. The van der Waals surface area contributed by atoms with E-state index < -0.39 is 0 Å². The van der Waals surface area contributed by atoms with Gasteiger partial charge in [0, 0.05) is 37.0 Å². The van der Waals surface area contributed by atoms with Gasteiger partial charge in [0.25, 0.3) is 0 Å². The largest absolute Gasteiger partial charge is 0.481 e. The van der Waals surface area contributed by atoms with Crippen LogP contribution in [0.4, 0.5) is 0 Å². The van der Waals surface area contributed by atoms with Crippen LogP contribution >= 0.6 is 0 Å². The van der Waals surface area contributed by atoms with Crippen molar-refractivity contribution in [2.75, 3.05) is 20.3 Å². The third-order valence-electron chi connectivity index (χ3n) is 3.48. The molecule has 19 heavy (non-hydrogen) atoms. The summed E-state index contributed by atoms with van der Waals surface area (Å²) < 4.78 is 10.8. The second-order valence-electron chi connectivity index (χ2n) is 4.79. The lowest BCUT2D eigenvalue weighted by Gasteiger charge is -2.21. The quantitative estimate of drug-likeness (QED) is 0.812. The molecule has 2 N–H and O–H groups in total. The Balaban J connectivity index is 1.97. The highest BCUT2D eigenvalue weighted by Crippen LogP contribution is 2.29. The van der Waals surface area contributed by atoms with E-state index in [2.05, 4.69) is 10.3 Å². The fourth-order valence-corrected chi connectivity index (χ4v) is 2.24.